The van der Waals surface area contributed by atoms with Crippen molar-refractivity contribution in [1.29, 1.82) is 0 Å². The molecule has 0 aliphatic heterocycles. The van der Waals surface area contributed by atoms with E-state index in [9.17, 15) is 0 Å². The van der Waals surface area contributed by atoms with Gasteiger partial charge >= 0.3 is 0 Å². The maximum atomic E-state index is 5.59. The van der Waals surface area contributed by atoms with Crippen molar-refractivity contribution < 1.29 is 0 Å². The van der Waals surface area contributed by atoms with Crippen molar-refractivity contribution in [2.24, 2.45) is 5.73 Å². The van der Waals surface area contributed by atoms with Gasteiger partial charge in [-0.3, -0.25) is 0 Å². The van der Waals surface area contributed by atoms with Crippen LogP contribution in [0.3, 0.4) is 0 Å². The molecule has 0 saturated carbocycles. The highest BCUT2D eigenvalue weighted by Crippen LogP contribution is 2.21. The molecule has 88 valence electrons. The van der Waals surface area contributed by atoms with Crippen LogP contribution in [0.4, 0.5) is 0 Å². The molecule has 0 aliphatic carbocycles. The molecule has 0 saturated heterocycles. The van der Waals surface area contributed by atoms with Gasteiger partial charge in [-0.05, 0) is 41.6 Å². The lowest BCUT2D eigenvalue weighted by atomic mass is 10.0. The Morgan fingerprint density at radius 1 is 0.882 bits per heavy atom. The van der Waals surface area contributed by atoms with Crippen molar-refractivity contribution >= 4 is 0 Å². The van der Waals surface area contributed by atoms with Crippen molar-refractivity contribution in [2.45, 2.75) is 19.8 Å². The molecule has 0 amide bonds. The van der Waals surface area contributed by atoms with E-state index in [0.29, 0.717) is 6.54 Å². The Morgan fingerprint density at radius 3 is 2.29 bits per heavy atom. The standard InChI is InChI=1S/C16H19N/c1-2-13-6-8-15(9-7-13)16-5-3-4-14(12-16)10-11-17/h3-9,12H,2,10-11,17H2,1H3. The van der Waals surface area contributed by atoms with Crippen LogP contribution in [0.25, 0.3) is 11.1 Å². The summed E-state index contributed by atoms with van der Waals surface area (Å²) in [6, 6.07) is 17.4. The predicted octanol–water partition coefficient (Wildman–Crippen LogP) is 3.42. The first-order chi connectivity index (χ1) is 8.33. The smallest absolute Gasteiger partial charge is 0.00367 e. The minimum Gasteiger partial charge on any atom is -0.330 e. The average Bonchev–Trinajstić information content (AvgIpc) is 2.40. The van der Waals surface area contributed by atoms with Crippen LogP contribution in [0.15, 0.2) is 48.5 Å². The van der Waals surface area contributed by atoms with Crippen molar-refractivity contribution in [1.82, 2.24) is 0 Å². The Balaban J connectivity index is 2.28. The number of rotatable bonds is 4. The quantitative estimate of drug-likeness (QED) is 0.847. The molecule has 1 nitrogen and oxygen atoms in total. The van der Waals surface area contributed by atoms with E-state index >= 15 is 0 Å². The summed E-state index contributed by atoms with van der Waals surface area (Å²) in [4.78, 5) is 0. The van der Waals surface area contributed by atoms with Gasteiger partial charge in [-0.2, -0.15) is 0 Å². The molecule has 0 atom stereocenters. The van der Waals surface area contributed by atoms with Crippen LogP contribution in [0, 0.1) is 0 Å². The van der Waals surface area contributed by atoms with Crippen LogP contribution < -0.4 is 5.73 Å². The largest absolute Gasteiger partial charge is 0.330 e. The first-order valence-electron chi connectivity index (χ1n) is 6.22. The summed E-state index contributed by atoms with van der Waals surface area (Å²) < 4.78 is 0. The molecule has 2 rings (SSSR count). The third-order valence-electron chi connectivity index (χ3n) is 3.06. The van der Waals surface area contributed by atoms with Crippen molar-refractivity contribution in [2.75, 3.05) is 6.54 Å². The molecular formula is C16H19N. The molecule has 0 aliphatic rings. The second-order valence-electron chi connectivity index (χ2n) is 4.29. The maximum Gasteiger partial charge on any atom is -0.00367 e. The van der Waals surface area contributed by atoms with Gasteiger partial charge < -0.3 is 5.73 Å². The maximum absolute atomic E-state index is 5.59. The molecule has 0 heterocycles. The van der Waals surface area contributed by atoms with Crippen molar-refractivity contribution in [3.63, 3.8) is 0 Å². The van der Waals surface area contributed by atoms with Crippen LogP contribution in [0.1, 0.15) is 18.1 Å². The van der Waals surface area contributed by atoms with E-state index < -0.39 is 0 Å². The highest BCUT2D eigenvalue weighted by molar-refractivity contribution is 5.64. The molecule has 0 unspecified atom stereocenters. The van der Waals surface area contributed by atoms with Gasteiger partial charge in [0.15, 0.2) is 0 Å². The van der Waals surface area contributed by atoms with Gasteiger partial charge in [-0.25, -0.2) is 0 Å². The minimum atomic E-state index is 0.707. The highest BCUT2D eigenvalue weighted by Gasteiger charge is 1.99. The summed E-state index contributed by atoms with van der Waals surface area (Å²) in [6.07, 6.45) is 2.04. The van der Waals surface area contributed by atoms with Crippen molar-refractivity contribution in [3.05, 3.63) is 59.7 Å². The SMILES string of the molecule is CCc1ccc(-c2cccc(CCN)c2)cc1. The second-order valence-corrected chi connectivity index (χ2v) is 4.29. The summed E-state index contributed by atoms with van der Waals surface area (Å²) in [5.74, 6) is 0. The zero-order valence-electron chi connectivity index (χ0n) is 10.3. The molecular weight excluding hydrogens is 206 g/mol. The van der Waals surface area contributed by atoms with E-state index in [0.717, 1.165) is 12.8 Å². The minimum absolute atomic E-state index is 0.707. The summed E-state index contributed by atoms with van der Waals surface area (Å²) in [5, 5.41) is 0. The average molecular weight is 225 g/mol. The third kappa shape index (κ3) is 2.95. The molecule has 0 fully saturated rings. The number of hydrogen-bond donors (Lipinski definition) is 1. The highest BCUT2D eigenvalue weighted by atomic mass is 14.5. The van der Waals surface area contributed by atoms with Gasteiger partial charge in [0.1, 0.15) is 0 Å². The Bertz CT molecular complexity index is 471. The summed E-state index contributed by atoms with van der Waals surface area (Å²) >= 11 is 0. The number of nitrogens with two attached hydrogens (primary N) is 1. The molecule has 1 heteroatoms. The lowest BCUT2D eigenvalue weighted by Crippen LogP contribution is -2.02. The van der Waals surface area contributed by atoms with Gasteiger partial charge in [-0.15, -0.1) is 0 Å². The van der Waals surface area contributed by atoms with Gasteiger partial charge in [-0.1, -0.05) is 55.5 Å². The fourth-order valence-corrected chi connectivity index (χ4v) is 2.01. The molecule has 2 aromatic rings. The Labute approximate surface area is 103 Å². The monoisotopic (exact) mass is 225 g/mol. The summed E-state index contributed by atoms with van der Waals surface area (Å²) in [6.45, 7) is 2.88. The number of benzene rings is 2. The predicted molar refractivity (Wildman–Crippen MR) is 74.0 cm³/mol. The molecule has 0 aromatic heterocycles. The molecule has 0 radical (unpaired) electrons. The van der Waals surface area contributed by atoms with Crippen LogP contribution >= 0.6 is 0 Å². The van der Waals surface area contributed by atoms with E-state index in [1.807, 2.05) is 0 Å². The summed E-state index contributed by atoms with van der Waals surface area (Å²) in [7, 11) is 0. The lowest BCUT2D eigenvalue weighted by molar-refractivity contribution is 0.969. The fraction of sp³-hybridized carbons (Fsp3) is 0.250. The van der Waals surface area contributed by atoms with Crippen LogP contribution in [-0.2, 0) is 12.8 Å². The zero-order chi connectivity index (χ0) is 12.1. The molecule has 17 heavy (non-hydrogen) atoms. The van der Waals surface area contributed by atoms with Crippen LogP contribution in [0.2, 0.25) is 0 Å². The van der Waals surface area contributed by atoms with E-state index in [1.54, 1.807) is 0 Å². The fourth-order valence-electron chi connectivity index (χ4n) is 2.01. The number of hydrogen-bond acceptors (Lipinski definition) is 1. The van der Waals surface area contributed by atoms with Crippen molar-refractivity contribution in [3.8, 4) is 11.1 Å². The first kappa shape index (κ1) is 11.9. The third-order valence-corrected chi connectivity index (χ3v) is 3.06. The summed E-state index contributed by atoms with van der Waals surface area (Å²) in [5.41, 5.74) is 10.8. The van der Waals surface area contributed by atoms with E-state index in [-0.39, 0.29) is 0 Å². The topological polar surface area (TPSA) is 26.0 Å². The Morgan fingerprint density at radius 2 is 1.65 bits per heavy atom. The molecule has 0 spiro atoms. The normalized spacial score (nSPS) is 10.5. The molecule has 2 N–H and O–H groups in total. The Kier molecular flexibility index (Phi) is 3.94. The van der Waals surface area contributed by atoms with Gasteiger partial charge in [0, 0.05) is 0 Å². The van der Waals surface area contributed by atoms with Gasteiger partial charge in [0.25, 0.3) is 0 Å². The zero-order valence-corrected chi connectivity index (χ0v) is 10.3. The first-order valence-corrected chi connectivity index (χ1v) is 6.22. The second kappa shape index (κ2) is 5.65. The lowest BCUT2D eigenvalue weighted by Gasteiger charge is -2.05. The van der Waals surface area contributed by atoms with E-state index in [1.165, 1.54) is 22.3 Å². The van der Waals surface area contributed by atoms with E-state index in [2.05, 4.69) is 55.5 Å². The van der Waals surface area contributed by atoms with Gasteiger partial charge in [0.05, 0.1) is 0 Å². The van der Waals surface area contributed by atoms with E-state index in [4.69, 9.17) is 5.73 Å². The van der Waals surface area contributed by atoms with Crippen LogP contribution in [0.5, 0.6) is 0 Å². The van der Waals surface area contributed by atoms with Gasteiger partial charge in [0.2, 0.25) is 0 Å². The number of aryl methyl sites for hydroxylation is 1. The Hall–Kier alpha value is -1.60. The molecule has 2 aromatic carbocycles. The van der Waals surface area contributed by atoms with Crippen LogP contribution in [-0.4, -0.2) is 6.54 Å². The molecule has 0 bridgehead atoms.